The van der Waals surface area contributed by atoms with Crippen molar-refractivity contribution >= 4 is 33.0 Å². The number of hydrogen-bond donors (Lipinski definition) is 1. The molecule has 2 aromatic carbocycles. The van der Waals surface area contributed by atoms with Gasteiger partial charge in [-0.2, -0.15) is 23.1 Å². The molecule has 0 aliphatic heterocycles. The van der Waals surface area contributed by atoms with E-state index >= 15 is 0 Å². The number of benzene rings is 2. The van der Waals surface area contributed by atoms with Gasteiger partial charge in [-0.05, 0) is 54.3 Å². The van der Waals surface area contributed by atoms with Gasteiger partial charge in [0.05, 0.1) is 15.5 Å². The number of halogens is 1. The molecule has 0 aliphatic carbocycles. The van der Waals surface area contributed by atoms with Crippen LogP contribution in [0.2, 0.25) is 5.02 Å². The third kappa shape index (κ3) is 3.82. The van der Waals surface area contributed by atoms with Crippen molar-refractivity contribution in [2.45, 2.75) is 11.8 Å². The molecule has 0 bridgehead atoms. The molecule has 2 aromatic heterocycles. The van der Waals surface area contributed by atoms with Gasteiger partial charge < -0.3 is 0 Å². The van der Waals surface area contributed by atoms with E-state index in [1.165, 1.54) is 16.9 Å². The van der Waals surface area contributed by atoms with Crippen LogP contribution in [0.1, 0.15) is 5.56 Å². The number of aryl methyl sites for hydroxylation is 1. The van der Waals surface area contributed by atoms with Gasteiger partial charge in [0, 0.05) is 10.6 Å². The first kappa shape index (κ1) is 18.7. The number of nitrogens with zero attached hydrogens (tertiary/aromatic N) is 2. The number of thiophene rings is 1. The van der Waals surface area contributed by atoms with E-state index in [2.05, 4.69) is 9.93 Å². The molecular weight excluding hydrogens is 414 g/mol. The van der Waals surface area contributed by atoms with Crippen molar-refractivity contribution in [3.05, 3.63) is 82.7 Å². The van der Waals surface area contributed by atoms with Crippen LogP contribution in [0.15, 0.2) is 77.0 Å². The van der Waals surface area contributed by atoms with E-state index in [4.69, 9.17) is 11.6 Å². The van der Waals surface area contributed by atoms with Crippen molar-refractivity contribution in [2.24, 2.45) is 0 Å². The summed E-state index contributed by atoms with van der Waals surface area (Å²) in [6.07, 6.45) is 0. The van der Waals surface area contributed by atoms with Crippen molar-refractivity contribution in [1.82, 2.24) is 9.89 Å². The number of hydrogen-bond acceptors (Lipinski definition) is 4. The summed E-state index contributed by atoms with van der Waals surface area (Å²) in [5.74, 6) is 0. The van der Waals surface area contributed by atoms with Gasteiger partial charge in [0.25, 0.3) is 10.0 Å². The highest BCUT2D eigenvalue weighted by Crippen LogP contribution is 2.30. The molecule has 0 unspecified atom stereocenters. The minimum absolute atomic E-state index is 0.168. The zero-order chi connectivity index (χ0) is 19.7. The van der Waals surface area contributed by atoms with Crippen molar-refractivity contribution in [2.75, 3.05) is 4.83 Å². The number of sulfonamides is 1. The van der Waals surface area contributed by atoms with E-state index < -0.39 is 10.0 Å². The lowest BCUT2D eigenvalue weighted by atomic mass is 10.1. The minimum Gasteiger partial charge on any atom is -0.200 e. The summed E-state index contributed by atoms with van der Waals surface area (Å²) in [4.78, 5) is 5.00. The van der Waals surface area contributed by atoms with E-state index in [0.29, 0.717) is 16.4 Å². The summed E-state index contributed by atoms with van der Waals surface area (Å²) in [7, 11) is -3.79. The van der Waals surface area contributed by atoms with Crippen molar-refractivity contribution in [1.29, 1.82) is 0 Å². The van der Waals surface area contributed by atoms with Gasteiger partial charge in [0.2, 0.25) is 0 Å². The molecule has 0 atom stereocenters. The van der Waals surface area contributed by atoms with Crippen LogP contribution < -0.4 is 4.83 Å². The van der Waals surface area contributed by atoms with E-state index in [1.807, 2.05) is 36.6 Å². The molecule has 4 aromatic rings. The molecule has 0 aliphatic rings. The Morgan fingerprint density at radius 2 is 1.75 bits per heavy atom. The Morgan fingerprint density at radius 1 is 1.04 bits per heavy atom. The molecule has 2 heterocycles. The summed E-state index contributed by atoms with van der Waals surface area (Å²) in [6.45, 7) is 2.01. The molecule has 1 N–H and O–H groups in total. The number of aromatic nitrogens is 2. The fourth-order valence-electron chi connectivity index (χ4n) is 2.73. The summed E-state index contributed by atoms with van der Waals surface area (Å²) >= 11 is 7.56. The largest absolute Gasteiger partial charge is 0.276 e. The molecule has 28 heavy (non-hydrogen) atoms. The Hall–Kier alpha value is -2.61. The topological polar surface area (TPSA) is 64.0 Å². The van der Waals surface area contributed by atoms with Gasteiger partial charge >= 0.3 is 0 Å². The van der Waals surface area contributed by atoms with Crippen LogP contribution in [0.5, 0.6) is 0 Å². The molecule has 8 heteroatoms. The van der Waals surface area contributed by atoms with Crippen LogP contribution in [0.25, 0.3) is 21.8 Å². The fraction of sp³-hybridized carbons (Fsp3) is 0.0500. The molecule has 0 radical (unpaired) electrons. The SMILES string of the molecule is Cc1csc(-c2cc(-c3ccc(Cl)cc3)n(NS(=O)(=O)c3ccccc3)n2)c1. The van der Waals surface area contributed by atoms with E-state index in [-0.39, 0.29) is 4.90 Å². The molecule has 0 saturated carbocycles. The molecular formula is C20H16ClN3O2S2. The number of rotatable bonds is 5. The normalized spacial score (nSPS) is 11.5. The summed E-state index contributed by atoms with van der Waals surface area (Å²) in [5.41, 5.74) is 3.25. The average Bonchev–Trinajstić information content (AvgIpc) is 3.29. The molecule has 4 rings (SSSR count). The van der Waals surface area contributed by atoms with E-state index in [1.54, 1.807) is 41.7 Å². The minimum atomic E-state index is -3.79. The molecule has 0 saturated heterocycles. The first-order valence-corrected chi connectivity index (χ1v) is 11.2. The Labute approximate surface area is 172 Å². The summed E-state index contributed by atoms with van der Waals surface area (Å²) in [5, 5.41) is 7.14. The van der Waals surface area contributed by atoms with Gasteiger partial charge in [-0.1, -0.05) is 41.9 Å². The second-order valence-corrected chi connectivity index (χ2v) is 9.24. The van der Waals surface area contributed by atoms with E-state index in [9.17, 15) is 8.42 Å². The zero-order valence-corrected chi connectivity index (χ0v) is 17.2. The van der Waals surface area contributed by atoms with Crippen molar-refractivity contribution < 1.29 is 8.42 Å². The van der Waals surface area contributed by atoms with Crippen LogP contribution in [0.3, 0.4) is 0 Å². The van der Waals surface area contributed by atoms with Gasteiger partial charge in [0.15, 0.2) is 0 Å². The predicted molar refractivity (Wildman–Crippen MR) is 114 cm³/mol. The maximum atomic E-state index is 12.8. The predicted octanol–water partition coefficient (Wildman–Crippen LogP) is 5.17. The first-order chi connectivity index (χ1) is 13.4. The van der Waals surface area contributed by atoms with Crippen LogP contribution in [0.4, 0.5) is 0 Å². The van der Waals surface area contributed by atoms with Gasteiger partial charge in [0.1, 0.15) is 5.69 Å². The molecule has 0 spiro atoms. The van der Waals surface area contributed by atoms with Crippen LogP contribution in [0, 0.1) is 6.92 Å². The Balaban J connectivity index is 1.80. The molecule has 0 amide bonds. The van der Waals surface area contributed by atoms with Crippen molar-refractivity contribution in [3.63, 3.8) is 0 Å². The highest BCUT2D eigenvalue weighted by molar-refractivity contribution is 7.92. The van der Waals surface area contributed by atoms with E-state index in [0.717, 1.165) is 16.0 Å². The maximum Gasteiger partial charge on any atom is 0.276 e. The molecule has 142 valence electrons. The Morgan fingerprint density at radius 3 is 2.39 bits per heavy atom. The van der Waals surface area contributed by atoms with Gasteiger partial charge in [-0.25, -0.2) is 0 Å². The Bertz CT molecular complexity index is 1210. The lowest BCUT2D eigenvalue weighted by molar-refractivity contribution is 0.592. The standard InChI is InChI=1S/C20H16ClN3O2S2/c1-14-11-20(27-13-14)18-12-19(15-7-9-16(21)10-8-15)24(22-18)23-28(25,26)17-5-3-2-4-6-17/h2-13,23H,1H3. The van der Waals surface area contributed by atoms with Crippen LogP contribution in [-0.2, 0) is 10.0 Å². The third-order valence-electron chi connectivity index (χ3n) is 4.09. The highest BCUT2D eigenvalue weighted by atomic mass is 35.5. The Kier molecular flexibility index (Phi) is 4.97. The smallest absolute Gasteiger partial charge is 0.200 e. The summed E-state index contributed by atoms with van der Waals surface area (Å²) < 4.78 is 25.6. The fourth-order valence-corrected chi connectivity index (χ4v) is 4.70. The zero-order valence-electron chi connectivity index (χ0n) is 14.8. The molecule has 5 nitrogen and oxygen atoms in total. The molecule has 0 fully saturated rings. The van der Waals surface area contributed by atoms with Crippen LogP contribution in [-0.4, -0.2) is 18.3 Å². The third-order valence-corrected chi connectivity index (χ3v) is 6.72. The quantitative estimate of drug-likeness (QED) is 0.475. The highest BCUT2D eigenvalue weighted by Gasteiger charge is 2.19. The second kappa shape index (κ2) is 7.43. The first-order valence-electron chi connectivity index (χ1n) is 8.42. The number of nitrogens with one attached hydrogen (secondary N) is 1. The summed E-state index contributed by atoms with van der Waals surface area (Å²) in [6, 6.07) is 19.3. The maximum absolute atomic E-state index is 12.8. The monoisotopic (exact) mass is 429 g/mol. The van der Waals surface area contributed by atoms with Crippen molar-refractivity contribution in [3.8, 4) is 21.8 Å². The van der Waals surface area contributed by atoms with Gasteiger partial charge in [-0.15, -0.1) is 11.3 Å². The lowest BCUT2D eigenvalue weighted by Gasteiger charge is -2.11. The van der Waals surface area contributed by atoms with Gasteiger partial charge in [-0.3, -0.25) is 0 Å². The van der Waals surface area contributed by atoms with Crippen LogP contribution >= 0.6 is 22.9 Å². The average molecular weight is 430 g/mol. The lowest BCUT2D eigenvalue weighted by Crippen LogP contribution is -2.25. The second-order valence-electron chi connectivity index (χ2n) is 6.23.